The van der Waals surface area contributed by atoms with Gasteiger partial charge in [-0.1, -0.05) is 11.6 Å². The molecule has 2 heterocycles. The molecule has 0 bridgehead atoms. The number of rotatable bonds is 1. The summed E-state index contributed by atoms with van der Waals surface area (Å²) in [5.74, 6) is 0.843. The number of nitrogens with zero attached hydrogens (tertiary/aromatic N) is 2. The average Bonchev–Trinajstić information content (AvgIpc) is 2.53. The molecule has 6 heteroatoms. The van der Waals surface area contributed by atoms with Crippen LogP contribution in [-0.2, 0) is 9.59 Å². The molecule has 1 aromatic rings. The number of carbonyl (C=O) groups excluding carboxylic acids is 2. The van der Waals surface area contributed by atoms with E-state index in [0.29, 0.717) is 49.9 Å². The normalized spacial score (nSPS) is 18.6. The van der Waals surface area contributed by atoms with Crippen LogP contribution in [0.2, 0.25) is 5.02 Å². The summed E-state index contributed by atoms with van der Waals surface area (Å²) in [6.07, 6.45) is 1.43. The Morgan fingerprint density at radius 2 is 1.95 bits per heavy atom. The highest BCUT2D eigenvalue weighted by atomic mass is 35.5. The minimum Gasteiger partial charge on any atom is -0.490 e. The summed E-state index contributed by atoms with van der Waals surface area (Å²) >= 11 is 6.05. The molecule has 118 valence electrons. The Morgan fingerprint density at radius 1 is 1.23 bits per heavy atom. The second-order valence-corrected chi connectivity index (χ2v) is 6.17. The van der Waals surface area contributed by atoms with Gasteiger partial charge in [0.1, 0.15) is 12.4 Å². The zero-order valence-electron chi connectivity index (χ0n) is 12.5. The monoisotopic (exact) mass is 322 g/mol. The molecule has 0 aliphatic carbocycles. The molecule has 0 saturated carbocycles. The lowest BCUT2D eigenvalue weighted by Crippen LogP contribution is -2.46. The van der Waals surface area contributed by atoms with Gasteiger partial charge in [0.15, 0.2) is 0 Å². The molecule has 1 fully saturated rings. The molecule has 3 rings (SSSR count). The van der Waals surface area contributed by atoms with Gasteiger partial charge in [0.25, 0.3) is 0 Å². The van der Waals surface area contributed by atoms with Gasteiger partial charge in [0.2, 0.25) is 11.8 Å². The molecular weight excluding hydrogens is 304 g/mol. The van der Waals surface area contributed by atoms with E-state index < -0.39 is 0 Å². The Bertz CT molecular complexity index is 597. The number of halogens is 1. The number of piperidine rings is 1. The van der Waals surface area contributed by atoms with Crippen molar-refractivity contribution in [1.82, 2.24) is 4.90 Å². The van der Waals surface area contributed by atoms with E-state index in [-0.39, 0.29) is 17.7 Å². The fourth-order valence-electron chi connectivity index (χ4n) is 3.08. The van der Waals surface area contributed by atoms with E-state index in [1.54, 1.807) is 34.9 Å². The van der Waals surface area contributed by atoms with Crippen molar-refractivity contribution in [3.05, 3.63) is 23.2 Å². The van der Waals surface area contributed by atoms with Crippen LogP contribution in [0.3, 0.4) is 0 Å². The summed E-state index contributed by atoms with van der Waals surface area (Å²) in [7, 11) is 0. The Morgan fingerprint density at radius 3 is 2.64 bits per heavy atom. The number of carbonyl (C=O) groups is 2. The van der Waals surface area contributed by atoms with Crippen LogP contribution in [0, 0.1) is 5.92 Å². The zero-order valence-corrected chi connectivity index (χ0v) is 13.3. The molecular formula is C16H19ClN2O3. The molecule has 2 amide bonds. The van der Waals surface area contributed by atoms with E-state index >= 15 is 0 Å². The molecule has 0 N–H and O–H groups in total. The number of hydrogen-bond donors (Lipinski definition) is 0. The highest BCUT2D eigenvalue weighted by molar-refractivity contribution is 6.31. The first-order valence-electron chi connectivity index (χ1n) is 7.55. The second-order valence-electron chi connectivity index (χ2n) is 5.73. The van der Waals surface area contributed by atoms with Crippen molar-refractivity contribution in [1.29, 1.82) is 0 Å². The quantitative estimate of drug-likeness (QED) is 0.797. The topological polar surface area (TPSA) is 49.9 Å². The number of hydrogen-bond acceptors (Lipinski definition) is 3. The molecule has 2 aliphatic heterocycles. The molecule has 0 radical (unpaired) electrons. The number of likely N-dealkylation sites (tertiary alicyclic amines) is 1. The van der Waals surface area contributed by atoms with Gasteiger partial charge in [-0.25, -0.2) is 0 Å². The lowest BCUT2D eigenvalue weighted by Gasteiger charge is -2.36. The molecule has 22 heavy (non-hydrogen) atoms. The summed E-state index contributed by atoms with van der Waals surface area (Å²) in [5.41, 5.74) is 0.748. The third-order valence-corrected chi connectivity index (χ3v) is 4.57. The Labute approximate surface area is 134 Å². The van der Waals surface area contributed by atoms with E-state index in [0.717, 1.165) is 5.69 Å². The molecule has 2 aliphatic rings. The van der Waals surface area contributed by atoms with Crippen molar-refractivity contribution in [3.8, 4) is 5.75 Å². The minimum absolute atomic E-state index is 0.0412. The summed E-state index contributed by atoms with van der Waals surface area (Å²) < 4.78 is 5.59. The number of benzene rings is 1. The second kappa shape index (κ2) is 6.16. The summed E-state index contributed by atoms with van der Waals surface area (Å²) in [4.78, 5) is 27.8. The van der Waals surface area contributed by atoms with Crippen molar-refractivity contribution in [2.24, 2.45) is 5.92 Å². The van der Waals surface area contributed by atoms with Crippen LogP contribution in [-0.4, -0.2) is 43.0 Å². The number of amides is 2. The molecule has 1 saturated heterocycles. The lowest BCUT2D eigenvalue weighted by atomic mass is 9.94. The van der Waals surface area contributed by atoms with Crippen LogP contribution >= 0.6 is 11.6 Å². The van der Waals surface area contributed by atoms with Crippen molar-refractivity contribution >= 4 is 29.1 Å². The maximum Gasteiger partial charge on any atom is 0.230 e. The van der Waals surface area contributed by atoms with Gasteiger partial charge in [0.05, 0.1) is 12.2 Å². The van der Waals surface area contributed by atoms with Crippen LogP contribution in [0.25, 0.3) is 0 Å². The Balaban J connectivity index is 1.74. The van der Waals surface area contributed by atoms with E-state index in [2.05, 4.69) is 0 Å². The number of ether oxygens (including phenoxy) is 1. The predicted molar refractivity (Wildman–Crippen MR) is 84.3 cm³/mol. The molecule has 0 atom stereocenters. The molecule has 1 aromatic carbocycles. The third kappa shape index (κ3) is 2.90. The highest BCUT2D eigenvalue weighted by Crippen LogP contribution is 2.35. The fraction of sp³-hybridized carbons (Fsp3) is 0.500. The molecule has 0 unspecified atom stereocenters. The number of fused-ring (bicyclic) bond motifs is 1. The lowest BCUT2D eigenvalue weighted by molar-refractivity contribution is -0.133. The first-order valence-corrected chi connectivity index (χ1v) is 7.93. The van der Waals surface area contributed by atoms with Gasteiger partial charge in [-0.2, -0.15) is 0 Å². The maximum absolute atomic E-state index is 12.8. The Hall–Kier alpha value is -1.75. The van der Waals surface area contributed by atoms with Crippen LogP contribution in [0.5, 0.6) is 5.75 Å². The van der Waals surface area contributed by atoms with Crippen molar-refractivity contribution < 1.29 is 14.3 Å². The zero-order chi connectivity index (χ0) is 15.7. The largest absolute Gasteiger partial charge is 0.490 e. The third-order valence-electron chi connectivity index (χ3n) is 4.34. The highest BCUT2D eigenvalue weighted by Gasteiger charge is 2.32. The fourth-order valence-corrected chi connectivity index (χ4v) is 3.25. The summed E-state index contributed by atoms with van der Waals surface area (Å²) in [5, 5.41) is 0.591. The SMILES string of the molecule is CC(=O)N1CCC(C(=O)N2CCOc3ccc(Cl)cc32)CC1. The molecule has 0 spiro atoms. The van der Waals surface area contributed by atoms with E-state index in [9.17, 15) is 9.59 Å². The standard InChI is InChI=1S/C16H19ClN2O3/c1-11(20)18-6-4-12(5-7-18)16(21)19-8-9-22-15-3-2-13(17)10-14(15)19/h2-3,10,12H,4-9H2,1H3. The van der Waals surface area contributed by atoms with E-state index in [1.165, 1.54) is 0 Å². The van der Waals surface area contributed by atoms with Crippen LogP contribution in [0.15, 0.2) is 18.2 Å². The van der Waals surface area contributed by atoms with Gasteiger partial charge < -0.3 is 14.5 Å². The molecule has 5 nitrogen and oxygen atoms in total. The first-order chi connectivity index (χ1) is 10.6. The minimum atomic E-state index is -0.0412. The Kier molecular flexibility index (Phi) is 4.25. The van der Waals surface area contributed by atoms with E-state index in [1.807, 2.05) is 0 Å². The van der Waals surface area contributed by atoms with Crippen LogP contribution < -0.4 is 9.64 Å². The van der Waals surface area contributed by atoms with Crippen molar-refractivity contribution in [2.45, 2.75) is 19.8 Å². The van der Waals surface area contributed by atoms with Gasteiger partial charge in [-0.05, 0) is 31.0 Å². The number of anilines is 1. The van der Waals surface area contributed by atoms with Gasteiger partial charge in [-0.3, -0.25) is 9.59 Å². The van der Waals surface area contributed by atoms with E-state index in [4.69, 9.17) is 16.3 Å². The van der Waals surface area contributed by atoms with Gasteiger partial charge >= 0.3 is 0 Å². The van der Waals surface area contributed by atoms with Crippen molar-refractivity contribution in [2.75, 3.05) is 31.1 Å². The summed E-state index contributed by atoms with van der Waals surface area (Å²) in [6.45, 7) is 3.91. The van der Waals surface area contributed by atoms with Gasteiger partial charge in [-0.15, -0.1) is 0 Å². The maximum atomic E-state index is 12.8. The average molecular weight is 323 g/mol. The smallest absolute Gasteiger partial charge is 0.230 e. The van der Waals surface area contributed by atoms with Crippen molar-refractivity contribution in [3.63, 3.8) is 0 Å². The summed E-state index contributed by atoms with van der Waals surface area (Å²) in [6, 6.07) is 5.34. The van der Waals surface area contributed by atoms with Gasteiger partial charge in [0, 0.05) is 31.0 Å². The first kappa shape index (κ1) is 15.2. The molecule has 0 aromatic heterocycles. The van der Waals surface area contributed by atoms with Crippen LogP contribution in [0.1, 0.15) is 19.8 Å². The predicted octanol–water partition coefficient (Wildman–Crippen LogP) is 2.32. The van der Waals surface area contributed by atoms with Crippen LogP contribution in [0.4, 0.5) is 5.69 Å².